The molecule has 3 aromatic carbocycles. The maximum atomic E-state index is 14.7. The van der Waals surface area contributed by atoms with Crippen LogP contribution in [0.5, 0.6) is 17.2 Å². The van der Waals surface area contributed by atoms with Crippen molar-refractivity contribution in [2.24, 2.45) is 11.7 Å². The van der Waals surface area contributed by atoms with Crippen LogP contribution in [0.2, 0.25) is 0 Å². The minimum atomic E-state index is -2.03. The first-order chi connectivity index (χ1) is 41.1. The summed E-state index contributed by atoms with van der Waals surface area (Å²) in [7, 11) is 1.69. The van der Waals surface area contributed by atoms with Crippen LogP contribution in [0, 0.1) is 5.92 Å². The fourth-order valence-electron chi connectivity index (χ4n) is 10.5. The number of benzene rings is 3. The third-order valence-corrected chi connectivity index (χ3v) is 16.4. The van der Waals surface area contributed by atoms with E-state index in [1.165, 1.54) is 41.7 Å². The highest BCUT2D eigenvalue weighted by atomic mass is 32.1. The van der Waals surface area contributed by atoms with Crippen LogP contribution in [0.25, 0.3) is 21.0 Å². The normalized spacial score (nSPS) is 25.6. The lowest BCUT2D eigenvalue weighted by atomic mass is 9.98. The Bertz CT molecular complexity index is 2970. The molecule has 0 saturated carbocycles. The number of unbranched alkanes of at least 4 members (excludes halogenated alkanes) is 2. The first-order valence-electron chi connectivity index (χ1n) is 28.9. The number of phenolic OH excluding ortho intramolecular Hbond substituents is 1. The Labute approximate surface area is 501 Å². The number of hydrogen-bond acceptors (Lipinski definition) is 20. The maximum Gasteiger partial charge on any atom is 0.251 e. The van der Waals surface area contributed by atoms with E-state index in [1.54, 1.807) is 32.3 Å². The number of nitrogens with two attached hydrogens (primary N) is 1. The zero-order valence-electron chi connectivity index (χ0n) is 48.5. The van der Waals surface area contributed by atoms with Gasteiger partial charge in [0.1, 0.15) is 53.6 Å². The number of ether oxygens (including phenoxy) is 2. The zero-order chi connectivity index (χ0) is 62.4. The molecule has 4 aromatic rings. The standard InChI is InChI=1S/C59H80N10O16S/c1-5-6-7-21-84-39-15-13-36(14-16-39)57-63-28-46(86-57)34-9-11-35(12-10-34)52(77)64-40-25-37(71)27-62-56(81)50-51(76)31(2)29-69(50)59(83)49(43(74)18-19-60)67-55(80)48(44(75)23-33-8-17-42(73)45(24-33)85-22-20-61-4)66-54(79)41-26-38(72)30-68(41)58(82)47(32(3)70)65-53(40)78/h8-17,24,28,31-32,37-38,40-41,43-44,47-51,61,70-76H,5-7,18-23,25-27,29-30,60H2,1-4H3,(H,62,81)(H,64,77)(H,65,78)(H,66,79)(H,67,80)/t31-,32+,37+,38+,40?,41-,43+,44+,47-,48-,49-,50-,51-/m0/s1. The highest BCUT2D eigenvalue weighted by Gasteiger charge is 2.50. The Morgan fingerprint density at radius 3 is 2.16 bits per heavy atom. The van der Waals surface area contributed by atoms with Gasteiger partial charge in [-0.1, -0.05) is 44.9 Å². The third-order valence-electron chi connectivity index (χ3n) is 15.3. The Morgan fingerprint density at radius 2 is 1.48 bits per heavy atom. The SMILES string of the molecule is CCCCCOc1ccc(-c2ncc(-c3ccc(C(=O)NC4C[C@@H](O)CNC(=O)[C@@H]5[C@@H](O)[C@@H](C)CN5C(=O)[C@H]([C@H](O)CCN)NC(=O)[C@H]([C@H](O)Cc5ccc(O)c(OCCNC)c5)NC(=O)[C@@H]5C[C@@H](O)CN5C(=O)[C@H]([C@@H](C)O)NC4=O)cc3)s2)cc1. The van der Waals surface area contributed by atoms with Gasteiger partial charge in [-0.25, -0.2) is 4.98 Å². The molecule has 7 amide bonds. The highest BCUT2D eigenvalue weighted by molar-refractivity contribution is 7.18. The lowest BCUT2D eigenvalue weighted by Gasteiger charge is -2.34. The van der Waals surface area contributed by atoms with Crippen molar-refractivity contribution >= 4 is 52.7 Å². The van der Waals surface area contributed by atoms with Crippen LogP contribution < -0.4 is 47.1 Å². The van der Waals surface area contributed by atoms with Gasteiger partial charge in [0.2, 0.25) is 35.4 Å². The van der Waals surface area contributed by atoms with E-state index in [1.807, 2.05) is 24.3 Å². The van der Waals surface area contributed by atoms with Crippen LogP contribution in [0.15, 0.2) is 72.9 Å². The number of aliphatic hydroxyl groups excluding tert-OH is 6. The predicted molar refractivity (Wildman–Crippen MR) is 314 cm³/mol. The molecule has 13 atom stereocenters. The first-order valence-corrected chi connectivity index (χ1v) is 29.7. The Kier molecular flexibility index (Phi) is 23.7. The average molecular weight is 1220 g/mol. The van der Waals surface area contributed by atoms with Crippen molar-refractivity contribution < 1.29 is 78.8 Å². The number of hydrogen-bond donors (Lipinski definition) is 14. The molecule has 468 valence electrons. The van der Waals surface area contributed by atoms with E-state index < -0.39 is 152 Å². The van der Waals surface area contributed by atoms with Crippen LogP contribution in [0.4, 0.5) is 0 Å². The molecule has 3 fully saturated rings. The molecule has 86 heavy (non-hydrogen) atoms. The fourth-order valence-corrected chi connectivity index (χ4v) is 11.4. The average Bonchev–Trinajstić information content (AvgIpc) is 3.04. The van der Waals surface area contributed by atoms with E-state index in [2.05, 4.69) is 43.8 Å². The largest absolute Gasteiger partial charge is 0.504 e. The monoisotopic (exact) mass is 1220 g/mol. The van der Waals surface area contributed by atoms with Crippen molar-refractivity contribution in [1.82, 2.24) is 46.7 Å². The third kappa shape index (κ3) is 16.8. The van der Waals surface area contributed by atoms with Crippen molar-refractivity contribution in [3.63, 3.8) is 0 Å². The highest BCUT2D eigenvalue weighted by Crippen LogP contribution is 2.34. The topological polar surface area (TPSA) is 397 Å². The molecule has 15 N–H and O–H groups in total. The van der Waals surface area contributed by atoms with E-state index in [0.29, 0.717) is 18.7 Å². The number of aromatic nitrogens is 1. The van der Waals surface area contributed by atoms with Crippen molar-refractivity contribution in [3.05, 3.63) is 84.1 Å². The van der Waals surface area contributed by atoms with Gasteiger partial charge in [-0.2, -0.15) is 0 Å². The molecule has 27 heteroatoms. The molecule has 3 saturated heterocycles. The van der Waals surface area contributed by atoms with Crippen molar-refractivity contribution in [1.29, 1.82) is 0 Å². The summed E-state index contributed by atoms with van der Waals surface area (Å²) in [6.45, 7) is 4.33. The number of aliphatic hydroxyl groups is 6. The summed E-state index contributed by atoms with van der Waals surface area (Å²) in [6, 6.07) is 7.19. The van der Waals surface area contributed by atoms with Crippen LogP contribution in [-0.4, -0.2) is 218 Å². The summed E-state index contributed by atoms with van der Waals surface area (Å²) in [5.74, 6) is -7.71. The van der Waals surface area contributed by atoms with E-state index in [-0.39, 0.29) is 48.7 Å². The van der Waals surface area contributed by atoms with E-state index in [9.17, 15) is 69.3 Å². The van der Waals surface area contributed by atoms with Gasteiger partial charge >= 0.3 is 0 Å². The summed E-state index contributed by atoms with van der Waals surface area (Å²) in [6.07, 6.45) is -6.90. The molecular formula is C59H80N10O16S. The molecule has 3 aliphatic heterocycles. The summed E-state index contributed by atoms with van der Waals surface area (Å²) >= 11 is 1.42. The van der Waals surface area contributed by atoms with Gasteiger partial charge in [0.05, 0.1) is 48.1 Å². The van der Waals surface area contributed by atoms with Crippen molar-refractivity contribution in [2.45, 2.75) is 139 Å². The number of nitrogens with zero attached hydrogens (tertiary/aromatic N) is 3. The molecule has 0 bridgehead atoms. The summed E-state index contributed by atoms with van der Waals surface area (Å²) in [5.41, 5.74) is 7.75. The van der Waals surface area contributed by atoms with E-state index in [4.69, 9.17) is 15.2 Å². The molecule has 3 aliphatic rings. The number of rotatable bonds is 20. The molecule has 0 radical (unpaired) electrons. The second-order valence-corrected chi connectivity index (χ2v) is 23.0. The maximum absolute atomic E-state index is 14.7. The molecular weight excluding hydrogens is 1140 g/mol. The number of phenols is 1. The molecule has 1 unspecified atom stereocenters. The quantitative estimate of drug-likeness (QED) is 0.0455. The molecule has 1 aromatic heterocycles. The smallest absolute Gasteiger partial charge is 0.251 e. The van der Waals surface area contributed by atoms with Crippen LogP contribution >= 0.6 is 11.3 Å². The van der Waals surface area contributed by atoms with Gasteiger partial charge in [0, 0.05) is 68.7 Å². The number of fused-ring (bicyclic) bond motifs is 2. The lowest BCUT2D eigenvalue weighted by molar-refractivity contribution is -0.147. The second kappa shape index (κ2) is 30.8. The van der Waals surface area contributed by atoms with Gasteiger partial charge in [-0.15, -0.1) is 11.3 Å². The number of amides is 7. The second-order valence-electron chi connectivity index (χ2n) is 22.0. The Morgan fingerprint density at radius 1 is 0.791 bits per heavy atom. The van der Waals surface area contributed by atoms with E-state index in [0.717, 1.165) is 57.2 Å². The van der Waals surface area contributed by atoms with E-state index >= 15 is 0 Å². The predicted octanol–water partition coefficient (Wildman–Crippen LogP) is -1.35. The van der Waals surface area contributed by atoms with Crippen LogP contribution in [0.1, 0.15) is 75.2 Å². The fraction of sp³-hybridized carbons (Fsp3) is 0.525. The number of likely N-dealkylation sites (N-methyl/N-ethyl adjacent to an activating group) is 1. The van der Waals surface area contributed by atoms with Gasteiger partial charge in [0.25, 0.3) is 5.91 Å². The van der Waals surface area contributed by atoms with Gasteiger partial charge in [-0.3, -0.25) is 33.6 Å². The lowest BCUT2D eigenvalue weighted by Crippen LogP contribution is -2.64. The number of carbonyl (C=O) groups is 7. The Balaban J connectivity index is 1.18. The number of nitrogens with one attached hydrogen (secondary N) is 6. The molecule has 4 heterocycles. The van der Waals surface area contributed by atoms with Gasteiger partial charge in [-0.05, 0) is 93.0 Å². The minimum absolute atomic E-state index is 0.0214. The summed E-state index contributed by atoms with van der Waals surface area (Å²) in [4.78, 5) is 108. The number of carbonyl (C=O) groups excluding carboxylic acids is 7. The van der Waals surface area contributed by atoms with Crippen molar-refractivity contribution in [3.8, 4) is 38.3 Å². The van der Waals surface area contributed by atoms with Crippen LogP contribution in [0.3, 0.4) is 0 Å². The van der Waals surface area contributed by atoms with Gasteiger partial charge in [0.15, 0.2) is 11.5 Å². The van der Waals surface area contributed by atoms with Crippen molar-refractivity contribution in [2.75, 3.05) is 53.0 Å². The zero-order valence-corrected chi connectivity index (χ0v) is 49.3. The molecule has 26 nitrogen and oxygen atoms in total. The number of thiazole rings is 1. The first kappa shape index (κ1) is 66.2. The molecule has 0 aliphatic carbocycles. The van der Waals surface area contributed by atoms with Gasteiger partial charge < -0.3 is 92.7 Å². The van der Waals surface area contributed by atoms with Crippen LogP contribution in [-0.2, 0) is 35.2 Å². The Hall–Kier alpha value is -7.34. The number of β-amino-alcohol motifs (C(OH)–C–C–N with tert-alkyl or cyclic N) is 1. The number of aromatic hydroxyl groups is 1. The minimum Gasteiger partial charge on any atom is -0.504 e. The summed E-state index contributed by atoms with van der Waals surface area (Å²) < 4.78 is 11.5. The molecule has 0 spiro atoms. The molecule has 7 rings (SSSR count). The summed E-state index contributed by atoms with van der Waals surface area (Å²) in [5, 5.41) is 95.1.